The molecule has 0 unspecified atom stereocenters. The van der Waals surface area contributed by atoms with Gasteiger partial charge in [-0.05, 0) is 0 Å². The summed E-state index contributed by atoms with van der Waals surface area (Å²) in [6, 6.07) is 0. The van der Waals surface area contributed by atoms with Crippen molar-refractivity contribution in [1.29, 1.82) is 0 Å². The molecule has 0 aliphatic carbocycles. The fourth-order valence-electron chi connectivity index (χ4n) is 0. The second-order valence-corrected chi connectivity index (χ2v) is 0. The molecule has 0 aromatic heterocycles. The SMILES string of the molecule is N.[HH].[Li].[Li].[Li].[Li]. The van der Waals surface area contributed by atoms with Gasteiger partial charge in [0.2, 0.25) is 0 Å². The first kappa shape index (κ1) is 53.7. The van der Waals surface area contributed by atoms with Gasteiger partial charge in [0.1, 0.15) is 0 Å². The second-order valence-electron chi connectivity index (χ2n) is 0. The maximum atomic E-state index is 0. The molecule has 0 aromatic carbocycles. The second kappa shape index (κ2) is 32.9. The summed E-state index contributed by atoms with van der Waals surface area (Å²) in [5.41, 5.74) is 0. The van der Waals surface area contributed by atoms with Gasteiger partial charge in [0.05, 0.1) is 0 Å². The van der Waals surface area contributed by atoms with Crippen molar-refractivity contribution in [3.8, 4) is 0 Å². The predicted molar refractivity (Wildman–Crippen MR) is 30.2 cm³/mol. The zero-order chi connectivity index (χ0) is 0. The average Bonchev–Trinajstić information content (AvgIpc) is 0. The molecule has 3 N–H and O–H groups in total. The summed E-state index contributed by atoms with van der Waals surface area (Å²) < 4.78 is 0. The monoisotopic (exact) mass is 47.1 g/mol. The summed E-state index contributed by atoms with van der Waals surface area (Å²) in [6.45, 7) is 0. The zero-order valence-electron chi connectivity index (χ0n) is 4.71. The van der Waals surface area contributed by atoms with E-state index in [1.807, 2.05) is 0 Å². The molecule has 0 spiro atoms. The smallest absolute Gasteiger partial charge is 0 e. The van der Waals surface area contributed by atoms with E-state index < -0.39 is 0 Å². The fourth-order valence-corrected chi connectivity index (χ4v) is 0. The Hall–Kier alpha value is 2.35. The summed E-state index contributed by atoms with van der Waals surface area (Å²) in [5, 5.41) is 0. The van der Waals surface area contributed by atoms with Crippen LogP contribution in [0.4, 0.5) is 0 Å². The molecule has 0 aliphatic rings. The van der Waals surface area contributed by atoms with Gasteiger partial charge in [0, 0.05) is 76.9 Å². The molecular weight excluding hydrogens is 41.8 g/mol. The molecule has 0 bridgehead atoms. The molecule has 0 rings (SSSR count). The summed E-state index contributed by atoms with van der Waals surface area (Å²) >= 11 is 0. The predicted octanol–water partition coefficient (Wildman–Crippen LogP) is -1.12. The van der Waals surface area contributed by atoms with Gasteiger partial charge in [-0.2, -0.15) is 0 Å². The van der Waals surface area contributed by atoms with E-state index in [0.717, 1.165) is 0 Å². The van der Waals surface area contributed by atoms with E-state index in [2.05, 4.69) is 0 Å². The molecule has 5 heavy (non-hydrogen) atoms. The minimum Gasteiger partial charge on any atom is -0.344 e. The van der Waals surface area contributed by atoms with Crippen LogP contribution in [0.2, 0.25) is 0 Å². The normalized spacial score (nSPS) is 0. The number of hydrogen-bond acceptors (Lipinski definition) is 1. The quantitative estimate of drug-likeness (QED) is 0.345. The van der Waals surface area contributed by atoms with Crippen LogP contribution in [0.1, 0.15) is 1.43 Å². The van der Waals surface area contributed by atoms with E-state index >= 15 is 0 Å². The molecule has 1 nitrogen and oxygen atoms in total. The fraction of sp³-hybridized carbons (Fsp3) is 0. The van der Waals surface area contributed by atoms with Crippen LogP contribution >= 0.6 is 0 Å². The number of hydrogen-bond donors (Lipinski definition) is 1. The Morgan fingerprint density at radius 1 is 0.600 bits per heavy atom. The van der Waals surface area contributed by atoms with Crippen LogP contribution in [0.25, 0.3) is 0 Å². The standard InChI is InChI=1S/4Li.H3N.H2/h;;;;1H3;1H. The van der Waals surface area contributed by atoms with Crippen LogP contribution in [0.15, 0.2) is 0 Å². The van der Waals surface area contributed by atoms with Crippen molar-refractivity contribution < 1.29 is 1.43 Å². The molecule has 5 heteroatoms. The topological polar surface area (TPSA) is 35.0 Å². The Labute approximate surface area is 82.2 Å². The van der Waals surface area contributed by atoms with Gasteiger partial charge < -0.3 is 6.15 Å². The van der Waals surface area contributed by atoms with Crippen LogP contribution in [-0.2, 0) is 0 Å². The first-order valence-electron chi connectivity index (χ1n) is 0. The van der Waals surface area contributed by atoms with E-state index in [1.165, 1.54) is 0 Å². The average molecular weight is 46.8 g/mol. The van der Waals surface area contributed by atoms with Crippen molar-refractivity contribution in [2.75, 3.05) is 0 Å². The minimum absolute atomic E-state index is 0. The molecular formula is H5Li4N. The zero-order valence-corrected chi connectivity index (χ0v) is 4.71. The third kappa shape index (κ3) is 21.8. The van der Waals surface area contributed by atoms with Crippen LogP contribution in [-0.4, -0.2) is 75.4 Å². The summed E-state index contributed by atoms with van der Waals surface area (Å²) in [6.07, 6.45) is 0. The van der Waals surface area contributed by atoms with Crippen molar-refractivity contribution >= 4 is 75.4 Å². The van der Waals surface area contributed by atoms with Gasteiger partial charge in [0.15, 0.2) is 0 Å². The number of rotatable bonds is 0. The Morgan fingerprint density at radius 3 is 0.600 bits per heavy atom. The van der Waals surface area contributed by atoms with Gasteiger partial charge >= 0.3 is 0 Å². The van der Waals surface area contributed by atoms with Crippen LogP contribution in [0.3, 0.4) is 0 Å². The Bertz CT molecular complexity index is 7.51. The molecule has 14 valence electrons. The van der Waals surface area contributed by atoms with Crippen LogP contribution in [0, 0.1) is 0 Å². The van der Waals surface area contributed by atoms with Gasteiger partial charge in [-0.25, -0.2) is 0 Å². The third-order valence-electron chi connectivity index (χ3n) is 0. The molecule has 0 saturated carbocycles. The van der Waals surface area contributed by atoms with Crippen LogP contribution < -0.4 is 6.15 Å². The third-order valence-corrected chi connectivity index (χ3v) is 0. The van der Waals surface area contributed by atoms with Gasteiger partial charge in [-0.1, -0.05) is 0 Å². The van der Waals surface area contributed by atoms with E-state index in [1.54, 1.807) is 0 Å². The van der Waals surface area contributed by atoms with E-state index in [-0.39, 0.29) is 83.0 Å². The summed E-state index contributed by atoms with van der Waals surface area (Å²) in [5.74, 6) is 0. The molecule has 0 aromatic rings. The minimum atomic E-state index is 0. The molecule has 0 atom stereocenters. The molecule has 4 radical (unpaired) electrons. The van der Waals surface area contributed by atoms with Crippen LogP contribution in [0.5, 0.6) is 0 Å². The first-order valence-corrected chi connectivity index (χ1v) is 0. The molecule has 0 fully saturated rings. The molecule has 0 aliphatic heterocycles. The van der Waals surface area contributed by atoms with Crippen molar-refractivity contribution in [2.24, 2.45) is 0 Å². The van der Waals surface area contributed by atoms with Crippen molar-refractivity contribution in [3.05, 3.63) is 0 Å². The maximum Gasteiger partial charge on any atom is 0 e. The summed E-state index contributed by atoms with van der Waals surface area (Å²) in [4.78, 5) is 0. The van der Waals surface area contributed by atoms with Crippen molar-refractivity contribution in [3.63, 3.8) is 0 Å². The van der Waals surface area contributed by atoms with Crippen molar-refractivity contribution in [1.82, 2.24) is 6.15 Å². The summed E-state index contributed by atoms with van der Waals surface area (Å²) in [7, 11) is 0. The van der Waals surface area contributed by atoms with Crippen molar-refractivity contribution in [2.45, 2.75) is 0 Å². The Balaban J connectivity index is 0. The van der Waals surface area contributed by atoms with Gasteiger partial charge in [-0.3, -0.25) is 0 Å². The van der Waals surface area contributed by atoms with Gasteiger partial charge in [-0.15, -0.1) is 0 Å². The molecule has 0 heterocycles. The Morgan fingerprint density at radius 2 is 0.600 bits per heavy atom. The largest absolute Gasteiger partial charge is 0.344 e. The Kier molecular flexibility index (Phi) is 353. The van der Waals surface area contributed by atoms with E-state index in [9.17, 15) is 0 Å². The molecule has 0 amide bonds. The first-order chi connectivity index (χ1) is 0. The maximum absolute atomic E-state index is 0. The molecule has 0 saturated heterocycles. The van der Waals surface area contributed by atoms with E-state index in [4.69, 9.17) is 0 Å². The van der Waals surface area contributed by atoms with Gasteiger partial charge in [0.25, 0.3) is 0 Å². The van der Waals surface area contributed by atoms with E-state index in [0.29, 0.717) is 0 Å².